The van der Waals surface area contributed by atoms with Crippen molar-refractivity contribution in [3.05, 3.63) is 47.0 Å². The number of rotatable bonds is 8. The van der Waals surface area contributed by atoms with Crippen molar-refractivity contribution in [2.75, 3.05) is 34.9 Å². The van der Waals surface area contributed by atoms with E-state index in [0.29, 0.717) is 35.9 Å². The lowest BCUT2D eigenvalue weighted by Crippen LogP contribution is -2.38. The van der Waals surface area contributed by atoms with E-state index in [-0.39, 0.29) is 5.75 Å². The third-order valence-electron chi connectivity index (χ3n) is 4.63. The van der Waals surface area contributed by atoms with Crippen molar-refractivity contribution in [1.29, 1.82) is 0 Å². The van der Waals surface area contributed by atoms with Gasteiger partial charge in [0, 0.05) is 25.7 Å². The van der Waals surface area contributed by atoms with Gasteiger partial charge in [-0.3, -0.25) is 0 Å². The van der Waals surface area contributed by atoms with Gasteiger partial charge in [-0.1, -0.05) is 0 Å². The van der Waals surface area contributed by atoms with Crippen molar-refractivity contribution in [1.82, 2.24) is 10.2 Å². The molecule has 29 heavy (non-hydrogen) atoms. The summed E-state index contributed by atoms with van der Waals surface area (Å²) in [4.78, 5) is 6.72. The highest BCUT2D eigenvalue weighted by Crippen LogP contribution is 2.30. The summed E-state index contributed by atoms with van der Waals surface area (Å²) >= 11 is 0. The van der Waals surface area contributed by atoms with Crippen molar-refractivity contribution < 1.29 is 19.3 Å². The Morgan fingerprint density at radius 3 is 2.34 bits per heavy atom. The van der Waals surface area contributed by atoms with E-state index in [1.807, 2.05) is 37.9 Å². The average molecular weight is 402 g/mol. The van der Waals surface area contributed by atoms with Gasteiger partial charge in [0.1, 0.15) is 11.5 Å². The van der Waals surface area contributed by atoms with Gasteiger partial charge in [-0.15, -0.1) is 0 Å². The number of benzene rings is 2. The number of phenolic OH excluding ortho intramolecular Hbond substituents is 1. The monoisotopic (exact) mass is 401 g/mol. The molecule has 0 amide bonds. The Morgan fingerprint density at radius 1 is 1.03 bits per heavy atom. The molecular formula is C22H31N3O4. The molecule has 0 atom stereocenters. The second-order valence-corrected chi connectivity index (χ2v) is 6.65. The van der Waals surface area contributed by atoms with E-state index in [2.05, 4.69) is 10.3 Å². The minimum absolute atomic E-state index is 0.198. The van der Waals surface area contributed by atoms with Crippen LogP contribution in [0.4, 0.5) is 0 Å². The highest BCUT2D eigenvalue weighted by molar-refractivity contribution is 5.79. The van der Waals surface area contributed by atoms with Crippen LogP contribution in [-0.4, -0.2) is 50.9 Å². The smallest absolute Gasteiger partial charge is 0.194 e. The van der Waals surface area contributed by atoms with E-state index >= 15 is 0 Å². The molecule has 0 aliphatic rings. The minimum atomic E-state index is 0.198. The van der Waals surface area contributed by atoms with E-state index in [0.717, 1.165) is 23.6 Å². The van der Waals surface area contributed by atoms with Crippen LogP contribution in [0.5, 0.6) is 23.0 Å². The van der Waals surface area contributed by atoms with Gasteiger partial charge < -0.3 is 29.5 Å². The molecule has 0 bridgehead atoms. The summed E-state index contributed by atoms with van der Waals surface area (Å²) in [6.07, 6.45) is 0. The molecule has 7 nitrogen and oxygen atoms in total. The molecule has 0 spiro atoms. The molecule has 0 unspecified atom stereocenters. The van der Waals surface area contributed by atoms with Gasteiger partial charge in [-0.05, 0) is 55.3 Å². The highest BCUT2D eigenvalue weighted by atomic mass is 16.5. The predicted octanol–water partition coefficient (Wildman–Crippen LogP) is 3.32. The molecule has 7 heteroatoms. The highest BCUT2D eigenvalue weighted by Gasteiger charge is 2.13. The molecule has 0 aliphatic heterocycles. The summed E-state index contributed by atoms with van der Waals surface area (Å²) in [7, 11) is 6.84. The van der Waals surface area contributed by atoms with E-state index in [1.54, 1.807) is 39.5 Å². The first-order chi connectivity index (χ1) is 13.9. The zero-order valence-electron chi connectivity index (χ0n) is 18.1. The third kappa shape index (κ3) is 5.70. The zero-order valence-corrected chi connectivity index (χ0v) is 18.1. The number of phenols is 1. The minimum Gasteiger partial charge on any atom is -0.508 e. The van der Waals surface area contributed by atoms with Crippen molar-refractivity contribution in [3.63, 3.8) is 0 Å². The van der Waals surface area contributed by atoms with Crippen LogP contribution in [0.3, 0.4) is 0 Å². The largest absolute Gasteiger partial charge is 0.508 e. The Hall–Kier alpha value is -3.09. The van der Waals surface area contributed by atoms with E-state index < -0.39 is 0 Å². The summed E-state index contributed by atoms with van der Waals surface area (Å²) in [6.45, 7) is 5.78. The fourth-order valence-electron chi connectivity index (χ4n) is 2.97. The first-order valence-electron chi connectivity index (χ1n) is 9.50. The third-order valence-corrected chi connectivity index (χ3v) is 4.63. The second kappa shape index (κ2) is 10.5. The maximum absolute atomic E-state index is 10.1. The fourth-order valence-corrected chi connectivity index (χ4v) is 2.97. The van der Waals surface area contributed by atoms with Crippen molar-refractivity contribution >= 4 is 5.96 Å². The SMILES string of the molecule is CCNC(=NCc1cc(OC)ccc1O)N(C)Cc1cc(OC)c(OC)cc1C. The molecule has 0 saturated carbocycles. The number of ether oxygens (including phenoxy) is 3. The van der Waals surface area contributed by atoms with Crippen molar-refractivity contribution in [3.8, 4) is 23.0 Å². The molecule has 0 radical (unpaired) electrons. The lowest BCUT2D eigenvalue weighted by molar-refractivity contribution is 0.353. The van der Waals surface area contributed by atoms with E-state index in [1.165, 1.54) is 0 Å². The van der Waals surface area contributed by atoms with E-state index in [4.69, 9.17) is 14.2 Å². The molecule has 2 rings (SSSR count). The topological polar surface area (TPSA) is 75.6 Å². The molecule has 0 fully saturated rings. The van der Waals surface area contributed by atoms with Gasteiger partial charge in [-0.2, -0.15) is 0 Å². The van der Waals surface area contributed by atoms with Crippen LogP contribution < -0.4 is 19.5 Å². The normalized spacial score (nSPS) is 11.2. The number of aliphatic imine (C=N–C) groups is 1. The standard InChI is InChI=1S/C22H31N3O4/c1-7-23-22(24-13-16-11-18(27-4)8-9-19(16)26)25(3)14-17-12-21(29-6)20(28-5)10-15(17)2/h8-12,26H,7,13-14H2,1-6H3,(H,23,24). The zero-order chi connectivity index (χ0) is 21.4. The van der Waals surface area contributed by atoms with Crippen LogP contribution in [0.15, 0.2) is 35.3 Å². The van der Waals surface area contributed by atoms with Crippen molar-refractivity contribution in [2.45, 2.75) is 26.9 Å². The Balaban J connectivity index is 2.23. The van der Waals surface area contributed by atoms with Crippen LogP contribution in [0, 0.1) is 6.92 Å². The lowest BCUT2D eigenvalue weighted by atomic mass is 10.1. The summed E-state index contributed by atoms with van der Waals surface area (Å²) < 4.78 is 16.0. The molecule has 2 N–H and O–H groups in total. The Kier molecular flexibility index (Phi) is 8.00. The maximum Gasteiger partial charge on any atom is 0.194 e. The van der Waals surface area contributed by atoms with Gasteiger partial charge >= 0.3 is 0 Å². The summed E-state index contributed by atoms with van der Waals surface area (Å²) in [6, 6.07) is 9.09. The van der Waals surface area contributed by atoms with Gasteiger partial charge in [-0.25, -0.2) is 4.99 Å². The van der Waals surface area contributed by atoms with Crippen LogP contribution in [0.1, 0.15) is 23.6 Å². The number of aryl methyl sites for hydroxylation is 1. The maximum atomic E-state index is 10.1. The molecule has 0 aromatic heterocycles. The summed E-state index contributed by atoms with van der Waals surface area (Å²) in [5, 5.41) is 13.4. The Morgan fingerprint density at radius 2 is 1.72 bits per heavy atom. The first-order valence-corrected chi connectivity index (χ1v) is 9.50. The molecular weight excluding hydrogens is 370 g/mol. The number of nitrogens with zero attached hydrogens (tertiary/aromatic N) is 2. The number of hydrogen-bond acceptors (Lipinski definition) is 5. The van der Waals surface area contributed by atoms with Crippen LogP contribution in [-0.2, 0) is 13.1 Å². The molecule has 158 valence electrons. The summed E-state index contributed by atoms with van der Waals surface area (Å²) in [5.74, 6) is 3.04. The molecule has 2 aromatic carbocycles. The number of nitrogens with one attached hydrogen (secondary N) is 1. The molecule has 0 aliphatic carbocycles. The van der Waals surface area contributed by atoms with Gasteiger partial charge in [0.15, 0.2) is 17.5 Å². The molecule has 0 saturated heterocycles. The lowest BCUT2D eigenvalue weighted by Gasteiger charge is -2.24. The molecule has 0 heterocycles. The average Bonchev–Trinajstić information content (AvgIpc) is 2.73. The number of aromatic hydroxyl groups is 1. The van der Waals surface area contributed by atoms with Gasteiger partial charge in [0.05, 0.1) is 27.9 Å². The number of guanidine groups is 1. The second-order valence-electron chi connectivity index (χ2n) is 6.65. The van der Waals surface area contributed by atoms with Gasteiger partial charge in [0.25, 0.3) is 0 Å². The molecule has 2 aromatic rings. The first kappa shape index (κ1) is 22.2. The van der Waals surface area contributed by atoms with Crippen molar-refractivity contribution in [2.24, 2.45) is 4.99 Å². The van der Waals surface area contributed by atoms with E-state index in [9.17, 15) is 5.11 Å². The quantitative estimate of drug-likeness (QED) is 0.522. The number of methoxy groups -OCH3 is 3. The Labute approximate surface area is 172 Å². The van der Waals surface area contributed by atoms with Crippen LogP contribution >= 0.6 is 0 Å². The summed E-state index contributed by atoms with van der Waals surface area (Å²) in [5.41, 5.74) is 2.92. The van der Waals surface area contributed by atoms with Gasteiger partial charge in [0.2, 0.25) is 0 Å². The van der Waals surface area contributed by atoms with Crippen LogP contribution in [0.2, 0.25) is 0 Å². The fraction of sp³-hybridized carbons (Fsp3) is 0.409. The van der Waals surface area contributed by atoms with Crippen LogP contribution in [0.25, 0.3) is 0 Å². The Bertz CT molecular complexity index is 852. The predicted molar refractivity (Wildman–Crippen MR) is 115 cm³/mol. The number of hydrogen-bond donors (Lipinski definition) is 2.